The van der Waals surface area contributed by atoms with Crippen LogP contribution in [0.25, 0.3) is 0 Å². The average molecular weight is 247 g/mol. The summed E-state index contributed by atoms with van der Waals surface area (Å²) in [5.41, 5.74) is 1.88. The zero-order valence-corrected chi connectivity index (χ0v) is 10.5. The predicted octanol–water partition coefficient (Wildman–Crippen LogP) is 2.48. The summed E-state index contributed by atoms with van der Waals surface area (Å²) >= 11 is 1.38. The maximum atomic E-state index is 12.1. The minimum absolute atomic E-state index is 0.103. The SMILES string of the molecule is Cc1ccc(C(=O)C(C)Sc2ncn[nH]2)cc1. The fourth-order valence-corrected chi connectivity index (χ4v) is 2.22. The summed E-state index contributed by atoms with van der Waals surface area (Å²) in [6.07, 6.45) is 1.44. The molecule has 0 bridgehead atoms. The summed E-state index contributed by atoms with van der Waals surface area (Å²) < 4.78 is 0. The van der Waals surface area contributed by atoms with E-state index in [0.717, 1.165) is 11.1 Å². The quantitative estimate of drug-likeness (QED) is 0.666. The van der Waals surface area contributed by atoms with Gasteiger partial charge >= 0.3 is 0 Å². The molecule has 0 amide bonds. The third-order valence-electron chi connectivity index (χ3n) is 2.39. The van der Waals surface area contributed by atoms with Crippen LogP contribution in [0.15, 0.2) is 35.7 Å². The first-order valence-electron chi connectivity index (χ1n) is 5.29. The number of Topliss-reactive ketones (excluding diaryl/α,β-unsaturated/α-hetero) is 1. The van der Waals surface area contributed by atoms with Gasteiger partial charge in [0.05, 0.1) is 5.25 Å². The van der Waals surface area contributed by atoms with E-state index in [4.69, 9.17) is 0 Å². The van der Waals surface area contributed by atoms with Gasteiger partial charge in [0.25, 0.3) is 0 Å². The number of rotatable bonds is 4. The first kappa shape index (κ1) is 11.9. The lowest BCUT2D eigenvalue weighted by molar-refractivity contribution is 0.0994. The van der Waals surface area contributed by atoms with Crippen molar-refractivity contribution >= 4 is 17.5 Å². The number of carbonyl (C=O) groups is 1. The van der Waals surface area contributed by atoms with Gasteiger partial charge in [-0.15, -0.1) is 0 Å². The second-order valence-corrected chi connectivity index (χ2v) is 5.11. The molecule has 1 aromatic heterocycles. The molecule has 0 aliphatic rings. The number of aryl methyl sites for hydroxylation is 1. The van der Waals surface area contributed by atoms with E-state index < -0.39 is 0 Å². The lowest BCUT2D eigenvalue weighted by Crippen LogP contribution is -2.13. The van der Waals surface area contributed by atoms with Crippen molar-refractivity contribution in [1.82, 2.24) is 15.2 Å². The van der Waals surface area contributed by atoms with Crippen molar-refractivity contribution in [3.63, 3.8) is 0 Å². The highest BCUT2D eigenvalue weighted by atomic mass is 32.2. The molecule has 4 nitrogen and oxygen atoms in total. The highest BCUT2D eigenvalue weighted by Gasteiger charge is 2.17. The summed E-state index contributed by atoms with van der Waals surface area (Å²) in [7, 11) is 0. The first-order chi connectivity index (χ1) is 8.16. The zero-order valence-electron chi connectivity index (χ0n) is 9.68. The average Bonchev–Trinajstić information content (AvgIpc) is 2.82. The number of hydrogen-bond acceptors (Lipinski definition) is 4. The van der Waals surface area contributed by atoms with Crippen LogP contribution < -0.4 is 0 Å². The third-order valence-corrected chi connectivity index (χ3v) is 3.37. The van der Waals surface area contributed by atoms with Gasteiger partial charge in [0.15, 0.2) is 10.9 Å². The molecule has 2 rings (SSSR count). The van der Waals surface area contributed by atoms with Gasteiger partial charge in [-0.1, -0.05) is 41.6 Å². The maximum absolute atomic E-state index is 12.1. The van der Waals surface area contributed by atoms with Crippen molar-refractivity contribution in [2.24, 2.45) is 0 Å². The fourth-order valence-electron chi connectivity index (χ4n) is 1.42. The number of H-pyrrole nitrogens is 1. The van der Waals surface area contributed by atoms with E-state index in [2.05, 4.69) is 15.2 Å². The van der Waals surface area contributed by atoms with Crippen molar-refractivity contribution in [3.05, 3.63) is 41.7 Å². The number of thioether (sulfide) groups is 1. The molecule has 88 valence electrons. The van der Waals surface area contributed by atoms with E-state index in [1.807, 2.05) is 38.1 Å². The molecule has 0 fully saturated rings. The van der Waals surface area contributed by atoms with Crippen LogP contribution in [0.4, 0.5) is 0 Å². The molecule has 17 heavy (non-hydrogen) atoms. The van der Waals surface area contributed by atoms with Crippen LogP contribution in [0.5, 0.6) is 0 Å². The molecule has 1 unspecified atom stereocenters. The van der Waals surface area contributed by atoms with Crippen molar-refractivity contribution in [1.29, 1.82) is 0 Å². The molecule has 1 heterocycles. The van der Waals surface area contributed by atoms with Crippen LogP contribution in [0.1, 0.15) is 22.8 Å². The van der Waals surface area contributed by atoms with Crippen molar-refractivity contribution < 1.29 is 4.79 Å². The highest BCUT2D eigenvalue weighted by Crippen LogP contribution is 2.21. The van der Waals surface area contributed by atoms with Crippen LogP contribution in [0.3, 0.4) is 0 Å². The molecular weight excluding hydrogens is 234 g/mol. The van der Waals surface area contributed by atoms with Crippen LogP contribution in [-0.2, 0) is 0 Å². The molecule has 1 atom stereocenters. The molecule has 0 spiro atoms. The largest absolute Gasteiger partial charge is 0.293 e. The minimum atomic E-state index is -0.175. The predicted molar refractivity (Wildman–Crippen MR) is 67.2 cm³/mol. The second-order valence-electron chi connectivity index (χ2n) is 3.78. The second kappa shape index (κ2) is 5.14. The number of hydrogen-bond donors (Lipinski definition) is 1. The third kappa shape index (κ3) is 2.94. The van der Waals surface area contributed by atoms with Gasteiger partial charge in [0, 0.05) is 5.56 Å². The molecular formula is C12H13N3OS. The molecule has 0 radical (unpaired) electrons. The molecule has 1 N–H and O–H groups in total. The summed E-state index contributed by atoms with van der Waals surface area (Å²) in [4.78, 5) is 16.1. The number of aromatic amines is 1. The Morgan fingerprint density at radius 1 is 1.35 bits per heavy atom. The molecule has 2 aromatic rings. The van der Waals surface area contributed by atoms with E-state index >= 15 is 0 Å². The van der Waals surface area contributed by atoms with Gasteiger partial charge in [-0.2, -0.15) is 5.10 Å². The first-order valence-corrected chi connectivity index (χ1v) is 6.17. The molecule has 1 aromatic carbocycles. The van der Waals surface area contributed by atoms with Crippen LogP contribution in [0.2, 0.25) is 0 Å². The smallest absolute Gasteiger partial charge is 0.184 e. The van der Waals surface area contributed by atoms with E-state index in [1.165, 1.54) is 18.1 Å². The van der Waals surface area contributed by atoms with Gasteiger partial charge in [-0.3, -0.25) is 9.89 Å². The van der Waals surface area contributed by atoms with Crippen molar-refractivity contribution in [3.8, 4) is 0 Å². The van der Waals surface area contributed by atoms with E-state index in [0.29, 0.717) is 5.16 Å². The van der Waals surface area contributed by atoms with Gasteiger partial charge < -0.3 is 0 Å². The monoisotopic (exact) mass is 247 g/mol. The summed E-state index contributed by atoms with van der Waals surface area (Å²) in [6.45, 7) is 3.87. The van der Waals surface area contributed by atoms with Gasteiger partial charge in [-0.25, -0.2) is 4.98 Å². The van der Waals surface area contributed by atoms with E-state index in [1.54, 1.807) is 0 Å². The molecule has 5 heteroatoms. The Hall–Kier alpha value is -1.62. The Bertz CT molecular complexity index is 493. The van der Waals surface area contributed by atoms with Gasteiger partial charge in [0.1, 0.15) is 6.33 Å². The van der Waals surface area contributed by atoms with E-state index in [-0.39, 0.29) is 11.0 Å². The Balaban J connectivity index is 2.07. The normalized spacial score (nSPS) is 12.4. The Kier molecular flexibility index (Phi) is 3.58. The minimum Gasteiger partial charge on any atom is -0.293 e. The lowest BCUT2D eigenvalue weighted by atomic mass is 10.1. The Morgan fingerprint density at radius 3 is 2.65 bits per heavy atom. The fraction of sp³-hybridized carbons (Fsp3) is 0.250. The standard InChI is InChI=1S/C12H13N3OS/c1-8-3-5-10(6-4-8)11(16)9(2)17-12-13-7-14-15-12/h3-7,9H,1-2H3,(H,13,14,15). The maximum Gasteiger partial charge on any atom is 0.184 e. The Labute approximate surface area is 104 Å². The topological polar surface area (TPSA) is 58.6 Å². The lowest BCUT2D eigenvalue weighted by Gasteiger charge is -2.08. The van der Waals surface area contributed by atoms with Crippen LogP contribution >= 0.6 is 11.8 Å². The van der Waals surface area contributed by atoms with Gasteiger partial charge in [0.2, 0.25) is 0 Å². The summed E-state index contributed by atoms with van der Waals surface area (Å²) in [6, 6.07) is 7.60. The number of benzene rings is 1. The highest BCUT2D eigenvalue weighted by molar-refractivity contribution is 8.00. The molecule has 0 saturated carbocycles. The number of aromatic nitrogens is 3. The molecule has 0 saturated heterocycles. The molecule has 0 aliphatic heterocycles. The number of carbonyl (C=O) groups excluding carboxylic acids is 1. The van der Waals surface area contributed by atoms with Crippen molar-refractivity contribution in [2.45, 2.75) is 24.3 Å². The van der Waals surface area contributed by atoms with Crippen LogP contribution in [0, 0.1) is 6.92 Å². The number of ketones is 1. The molecule has 0 aliphatic carbocycles. The van der Waals surface area contributed by atoms with Gasteiger partial charge in [-0.05, 0) is 13.8 Å². The Morgan fingerprint density at radius 2 is 2.06 bits per heavy atom. The number of nitrogens with zero attached hydrogens (tertiary/aromatic N) is 2. The van der Waals surface area contributed by atoms with Crippen LogP contribution in [-0.4, -0.2) is 26.2 Å². The summed E-state index contributed by atoms with van der Waals surface area (Å²) in [5.74, 6) is 0.103. The summed E-state index contributed by atoms with van der Waals surface area (Å²) in [5, 5.41) is 6.97. The van der Waals surface area contributed by atoms with E-state index in [9.17, 15) is 4.79 Å². The number of nitrogens with one attached hydrogen (secondary N) is 1. The van der Waals surface area contributed by atoms with Crippen molar-refractivity contribution in [2.75, 3.05) is 0 Å². The zero-order chi connectivity index (χ0) is 12.3.